The van der Waals surface area contributed by atoms with Crippen LogP contribution in [0.4, 0.5) is 4.79 Å². The average molecular weight is 348 g/mol. The average Bonchev–Trinajstić information content (AvgIpc) is 2.55. The maximum atomic E-state index is 12.0. The summed E-state index contributed by atoms with van der Waals surface area (Å²) in [4.78, 5) is 26.4. The smallest absolute Gasteiger partial charge is 0.321 e. The molecule has 0 atom stereocenters. The van der Waals surface area contributed by atoms with Crippen molar-refractivity contribution in [1.29, 1.82) is 0 Å². The van der Waals surface area contributed by atoms with Crippen molar-refractivity contribution in [2.45, 2.75) is 27.3 Å². The number of carbonyl (C=O) groups is 2. The fourth-order valence-electron chi connectivity index (χ4n) is 3.16. The van der Waals surface area contributed by atoms with Crippen LogP contribution in [0.2, 0.25) is 0 Å². The van der Waals surface area contributed by atoms with Crippen LogP contribution in [0, 0.1) is 12.8 Å². The van der Waals surface area contributed by atoms with Crippen LogP contribution in [0.15, 0.2) is 24.3 Å². The van der Waals surface area contributed by atoms with Crippen molar-refractivity contribution < 1.29 is 19.4 Å². The number of rotatable bonds is 6. The fraction of sp³-hybridized carbons (Fsp3) is 0.579. The number of nitrogens with one attached hydrogen (secondary N) is 4. The number of aryl methyl sites for hydroxylation is 1. The number of imide groups is 1. The van der Waals surface area contributed by atoms with Gasteiger partial charge in [0.25, 0.3) is 5.91 Å². The second kappa shape index (κ2) is 9.53. The number of hydrogen-bond donors (Lipinski definition) is 4. The van der Waals surface area contributed by atoms with Gasteiger partial charge in [0.05, 0.1) is 0 Å². The summed E-state index contributed by atoms with van der Waals surface area (Å²) in [7, 11) is 0. The largest absolute Gasteiger partial charge is 0.338 e. The molecule has 6 heteroatoms. The van der Waals surface area contributed by atoms with Crippen molar-refractivity contribution in [3.8, 4) is 0 Å². The van der Waals surface area contributed by atoms with Crippen LogP contribution >= 0.6 is 0 Å². The summed E-state index contributed by atoms with van der Waals surface area (Å²) in [6.45, 7) is 12.2. The Labute approximate surface area is 150 Å². The molecule has 1 aliphatic rings. The molecule has 138 valence electrons. The molecule has 1 fully saturated rings. The lowest BCUT2D eigenvalue weighted by atomic mass is 10.1. The Bertz CT molecular complexity index is 581. The van der Waals surface area contributed by atoms with E-state index in [0.717, 1.165) is 32.7 Å². The first-order chi connectivity index (χ1) is 11.9. The number of quaternary nitrogens is 2. The van der Waals surface area contributed by atoms with Gasteiger partial charge in [0.2, 0.25) is 0 Å². The van der Waals surface area contributed by atoms with Crippen molar-refractivity contribution in [2.24, 2.45) is 5.92 Å². The normalized spacial score (nSPS) is 20.3. The summed E-state index contributed by atoms with van der Waals surface area (Å²) in [6.07, 6.45) is 0. The molecule has 1 aromatic rings. The molecule has 25 heavy (non-hydrogen) atoms. The monoisotopic (exact) mass is 348 g/mol. The Balaban J connectivity index is 1.67. The highest BCUT2D eigenvalue weighted by atomic mass is 16.2. The maximum Gasteiger partial charge on any atom is 0.321 e. The van der Waals surface area contributed by atoms with Gasteiger partial charge >= 0.3 is 6.03 Å². The van der Waals surface area contributed by atoms with Crippen LogP contribution < -0.4 is 20.4 Å². The topological polar surface area (TPSA) is 67.1 Å². The van der Waals surface area contributed by atoms with E-state index in [0.29, 0.717) is 19.0 Å². The third-order valence-corrected chi connectivity index (χ3v) is 4.54. The van der Waals surface area contributed by atoms with Gasteiger partial charge in [0, 0.05) is 12.1 Å². The molecule has 0 spiro atoms. The van der Waals surface area contributed by atoms with E-state index in [1.54, 1.807) is 4.90 Å². The molecule has 0 aliphatic carbocycles. The highest BCUT2D eigenvalue weighted by molar-refractivity contribution is 5.94. The molecule has 0 unspecified atom stereocenters. The quantitative estimate of drug-likeness (QED) is 0.520. The SMILES string of the molecule is Cc1cccc(C[NH+]2CC[NH+](CC(=O)NC(=O)NCC(C)C)CC2)c1. The summed E-state index contributed by atoms with van der Waals surface area (Å²) in [5, 5.41) is 5.13. The van der Waals surface area contributed by atoms with Gasteiger partial charge in [0.1, 0.15) is 32.7 Å². The lowest BCUT2D eigenvalue weighted by Crippen LogP contribution is -3.28. The summed E-state index contributed by atoms with van der Waals surface area (Å²) in [6, 6.07) is 8.27. The zero-order valence-electron chi connectivity index (χ0n) is 15.7. The predicted molar refractivity (Wildman–Crippen MR) is 97.5 cm³/mol. The molecule has 0 bridgehead atoms. The third kappa shape index (κ3) is 7.23. The number of benzene rings is 1. The lowest BCUT2D eigenvalue weighted by Gasteiger charge is -2.29. The van der Waals surface area contributed by atoms with E-state index in [9.17, 15) is 9.59 Å². The van der Waals surface area contributed by atoms with Gasteiger partial charge in [-0.15, -0.1) is 0 Å². The van der Waals surface area contributed by atoms with Crippen molar-refractivity contribution in [3.05, 3.63) is 35.4 Å². The van der Waals surface area contributed by atoms with Crippen molar-refractivity contribution >= 4 is 11.9 Å². The zero-order chi connectivity index (χ0) is 18.2. The van der Waals surface area contributed by atoms with E-state index in [-0.39, 0.29) is 11.9 Å². The van der Waals surface area contributed by atoms with Crippen LogP contribution in [0.1, 0.15) is 25.0 Å². The summed E-state index contributed by atoms with van der Waals surface area (Å²) in [5.41, 5.74) is 2.67. The first-order valence-electron chi connectivity index (χ1n) is 9.22. The Morgan fingerprint density at radius 2 is 1.80 bits per heavy atom. The van der Waals surface area contributed by atoms with Crippen LogP contribution in [0.3, 0.4) is 0 Å². The lowest BCUT2D eigenvalue weighted by molar-refractivity contribution is -1.02. The Morgan fingerprint density at radius 1 is 1.12 bits per heavy atom. The van der Waals surface area contributed by atoms with Crippen LogP contribution in [-0.2, 0) is 11.3 Å². The first-order valence-corrected chi connectivity index (χ1v) is 9.22. The van der Waals surface area contributed by atoms with E-state index >= 15 is 0 Å². The van der Waals surface area contributed by atoms with Crippen LogP contribution in [0.5, 0.6) is 0 Å². The summed E-state index contributed by atoms with van der Waals surface area (Å²) < 4.78 is 0. The molecule has 0 saturated carbocycles. The van der Waals surface area contributed by atoms with Crippen molar-refractivity contribution in [3.63, 3.8) is 0 Å². The Hall–Kier alpha value is -1.92. The highest BCUT2D eigenvalue weighted by Gasteiger charge is 2.25. The summed E-state index contributed by atoms with van der Waals surface area (Å²) in [5.74, 6) is 0.175. The van der Waals surface area contributed by atoms with Crippen molar-refractivity contribution in [2.75, 3.05) is 39.3 Å². The molecule has 2 rings (SSSR count). The number of amides is 3. The summed E-state index contributed by atoms with van der Waals surface area (Å²) >= 11 is 0. The van der Waals surface area contributed by atoms with Gasteiger partial charge < -0.3 is 15.1 Å². The molecule has 0 aromatic heterocycles. The zero-order valence-corrected chi connectivity index (χ0v) is 15.7. The highest BCUT2D eigenvalue weighted by Crippen LogP contribution is 2.01. The first kappa shape index (κ1) is 19.4. The second-order valence-electron chi connectivity index (χ2n) is 7.49. The van der Waals surface area contributed by atoms with Gasteiger partial charge in [-0.2, -0.15) is 0 Å². The van der Waals surface area contributed by atoms with Crippen molar-refractivity contribution in [1.82, 2.24) is 10.6 Å². The molecule has 1 aromatic carbocycles. The van der Waals surface area contributed by atoms with Gasteiger partial charge in [-0.05, 0) is 12.8 Å². The molecular weight excluding hydrogens is 316 g/mol. The molecule has 1 aliphatic heterocycles. The number of hydrogen-bond acceptors (Lipinski definition) is 2. The minimum absolute atomic E-state index is 0.196. The molecule has 1 saturated heterocycles. The van der Waals surface area contributed by atoms with Gasteiger partial charge in [-0.3, -0.25) is 10.1 Å². The van der Waals surface area contributed by atoms with E-state index < -0.39 is 0 Å². The molecule has 4 N–H and O–H groups in total. The predicted octanol–water partition coefficient (Wildman–Crippen LogP) is -1.24. The van der Waals surface area contributed by atoms with Crippen LogP contribution in [-0.4, -0.2) is 51.2 Å². The van der Waals surface area contributed by atoms with E-state index in [2.05, 4.69) is 41.8 Å². The van der Waals surface area contributed by atoms with Gasteiger partial charge in [-0.1, -0.05) is 43.7 Å². The Morgan fingerprint density at radius 3 is 2.44 bits per heavy atom. The molecule has 3 amide bonds. The third-order valence-electron chi connectivity index (χ3n) is 4.54. The minimum Gasteiger partial charge on any atom is -0.338 e. The molecule has 1 heterocycles. The Kier molecular flexibility index (Phi) is 7.40. The van der Waals surface area contributed by atoms with E-state index in [1.165, 1.54) is 16.0 Å². The van der Waals surface area contributed by atoms with Crippen LogP contribution in [0.25, 0.3) is 0 Å². The fourth-order valence-corrected chi connectivity index (χ4v) is 3.16. The van der Waals surface area contributed by atoms with Gasteiger partial charge in [0.15, 0.2) is 6.54 Å². The van der Waals surface area contributed by atoms with E-state index in [1.807, 2.05) is 13.8 Å². The standard InChI is InChI=1S/C19H30N4O2/c1-15(2)12-20-19(25)21-18(24)14-23-9-7-22(8-10-23)13-17-6-4-5-16(3)11-17/h4-6,11,15H,7-10,12-14H2,1-3H3,(H2,20,21,24,25)/p+2. The second-order valence-corrected chi connectivity index (χ2v) is 7.49. The van der Waals surface area contributed by atoms with E-state index in [4.69, 9.17) is 0 Å². The molecule has 0 radical (unpaired) electrons. The minimum atomic E-state index is -0.387. The van der Waals surface area contributed by atoms with Gasteiger partial charge in [-0.25, -0.2) is 4.79 Å². The number of carbonyl (C=O) groups excluding carboxylic acids is 2. The number of urea groups is 1. The number of piperazine rings is 1. The maximum absolute atomic E-state index is 12.0. The molecule has 6 nitrogen and oxygen atoms in total. The molecular formula is C19H32N4O2+2.